The van der Waals surface area contributed by atoms with E-state index in [0.29, 0.717) is 0 Å². The Morgan fingerprint density at radius 1 is 1.12 bits per heavy atom. The Morgan fingerprint density at radius 2 is 1.88 bits per heavy atom. The topological polar surface area (TPSA) is 20.2 Å². The second-order valence-electron chi connectivity index (χ2n) is 4.09. The Hall–Kier alpha value is -1.60. The number of allylic oxidation sites excluding steroid dienone is 1. The van der Waals surface area contributed by atoms with Crippen LogP contribution in [0.5, 0.6) is 0 Å². The van der Waals surface area contributed by atoms with Crippen LogP contribution in [0.4, 0.5) is 0 Å². The molecule has 0 atom stereocenters. The van der Waals surface area contributed by atoms with Crippen molar-refractivity contribution in [3.05, 3.63) is 59.7 Å². The predicted molar refractivity (Wildman–Crippen MR) is 68.5 cm³/mol. The average Bonchev–Trinajstić information content (AvgIpc) is 2.35. The van der Waals surface area contributed by atoms with Crippen molar-refractivity contribution in [3.63, 3.8) is 0 Å². The number of aliphatic hydroxyl groups excluding tert-OH is 1. The molecule has 2 rings (SSSR count). The monoisotopic (exact) mass is 212 g/mol. The van der Waals surface area contributed by atoms with Crippen LogP contribution in [0.15, 0.2) is 54.1 Å². The van der Waals surface area contributed by atoms with Gasteiger partial charge in [-0.1, -0.05) is 54.1 Å². The summed E-state index contributed by atoms with van der Waals surface area (Å²) in [5.41, 5.74) is 2.31. The van der Waals surface area contributed by atoms with Crippen LogP contribution < -0.4 is 0 Å². The molecular weight excluding hydrogens is 196 g/mol. The summed E-state index contributed by atoms with van der Waals surface area (Å²) in [6.07, 6.45) is 2.96. The minimum atomic E-state index is 0.146. The van der Waals surface area contributed by atoms with Crippen molar-refractivity contribution >= 4 is 10.8 Å². The van der Waals surface area contributed by atoms with Crippen LogP contribution in [-0.4, -0.2) is 11.7 Å². The second-order valence-corrected chi connectivity index (χ2v) is 4.09. The molecule has 0 spiro atoms. The van der Waals surface area contributed by atoms with Gasteiger partial charge in [-0.25, -0.2) is 0 Å². The van der Waals surface area contributed by atoms with Gasteiger partial charge >= 0.3 is 0 Å². The van der Waals surface area contributed by atoms with Crippen LogP contribution in [0.2, 0.25) is 0 Å². The van der Waals surface area contributed by atoms with E-state index in [1.165, 1.54) is 16.3 Å². The molecule has 0 heterocycles. The van der Waals surface area contributed by atoms with Crippen LogP contribution in [0.1, 0.15) is 12.5 Å². The lowest BCUT2D eigenvalue weighted by Crippen LogP contribution is -1.87. The van der Waals surface area contributed by atoms with Gasteiger partial charge in [0.2, 0.25) is 0 Å². The fourth-order valence-corrected chi connectivity index (χ4v) is 1.72. The molecule has 0 aliphatic heterocycles. The maximum atomic E-state index is 8.92. The maximum absolute atomic E-state index is 8.92. The van der Waals surface area contributed by atoms with Crippen molar-refractivity contribution in [2.75, 3.05) is 6.61 Å². The van der Waals surface area contributed by atoms with E-state index in [9.17, 15) is 0 Å². The first-order valence-electron chi connectivity index (χ1n) is 5.54. The molecule has 82 valence electrons. The third-order valence-electron chi connectivity index (χ3n) is 2.75. The Morgan fingerprint density at radius 3 is 2.62 bits per heavy atom. The first-order chi connectivity index (χ1) is 7.79. The molecular formula is C15H16O. The standard InChI is InChI=1S/C15H16O/c1-12(11-16)6-7-13-8-9-14-4-2-3-5-15(14)10-13/h2-6,8-10,16H,7,11H2,1H3/b12-6+. The van der Waals surface area contributed by atoms with Crippen LogP contribution in [0, 0.1) is 0 Å². The van der Waals surface area contributed by atoms with E-state index in [4.69, 9.17) is 5.11 Å². The quantitative estimate of drug-likeness (QED) is 0.774. The van der Waals surface area contributed by atoms with Gasteiger partial charge in [0.15, 0.2) is 0 Å². The summed E-state index contributed by atoms with van der Waals surface area (Å²) in [5, 5.41) is 11.5. The number of benzene rings is 2. The van der Waals surface area contributed by atoms with Gasteiger partial charge in [0, 0.05) is 0 Å². The molecule has 1 heteroatoms. The molecule has 0 saturated heterocycles. The molecule has 0 amide bonds. The fraction of sp³-hybridized carbons (Fsp3) is 0.200. The Kier molecular flexibility index (Phi) is 3.37. The largest absolute Gasteiger partial charge is 0.392 e. The van der Waals surface area contributed by atoms with Gasteiger partial charge in [0.05, 0.1) is 6.61 Å². The first kappa shape index (κ1) is 10.9. The average molecular weight is 212 g/mol. The number of aliphatic hydroxyl groups is 1. The molecule has 0 aliphatic rings. The first-order valence-corrected chi connectivity index (χ1v) is 5.54. The smallest absolute Gasteiger partial charge is 0.0639 e. The summed E-state index contributed by atoms with van der Waals surface area (Å²) in [6.45, 7) is 2.09. The Balaban J connectivity index is 2.26. The molecule has 1 N–H and O–H groups in total. The summed E-state index contributed by atoms with van der Waals surface area (Å²) in [7, 11) is 0. The number of hydrogen-bond acceptors (Lipinski definition) is 1. The normalized spacial score (nSPS) is 12.0. The third-order valence-corrected chi connectivity index (χ3v) is 2.75. The van der Waals surface area contributed by atoms with E-state index < -0.39 is 0 Å². The summed E-state index contributed by atoms with van der Waals surface area (Å²) in [5.74, 6) is 0. The second kappa shape index (κ2) is 4.95. The van der Waals surface area contributed by atoms with Crippen LogP contribution in [0.3, 0.4) is 0 Å². The fourth-order valence-electron chi connectivity index (χ4n) is 1.72. The summed E-state index contributed by atoms with van der Waals surface area (Å²) in [4.78, 5) is 0. The number of hydrogen-bond donors (Lipinski definition) is 1. The highest BCUT2D eigenvalue weighted by Gasteiger charge is 1.95. The molecule has 2 aromatic carbocycles. The molecule has 2 aromatic rings. The summed E-state index contributed by atoms with van der Waals surface area (Å²) in [6, 6.07) is 14.8. The van der Waals surface area contributed by atoms with Crippen LogP contribution in [-0.2, 0) is 6.42 Å². The van der Waals surface area contributed by atoms with Crippen molar-refractivity contribution in [2.45, 2.75) is 13.3 Å². The summed E-state index contributed by atoms with van der Waals surface area (Å²) >= 11 is 0. The third kappa shape index (κ3) is 2.50. The maximum Gasteiger partial charge on any atom is 0.0639 e. The minimum Gasteiger partial charge on any atom is -0.392 e. The van der Waals surface area contributed by atoms with E-state index in [0.717, 1.165) is 12.0 Å². The lowest BCUT2D eigenvalue weighted by Gasteiger charge is -2.01. The molecule has 0 unspecified atom stereocenters. The van der Waals surface area contributed by atoms with Crippen LogP contribution >= 0.6 is 0 Å². The molecule has 0 aliphatic carbocycles. The summed E-state index contributed by atoms with van der Waals surface area (Å²) < 4.78 is 0. The van der Waals surface area contributed by atoms with Gasteiger partial charge in [-0.15, -0.1) is 0 Å². The highest BCUT2D eigenvalue weighted by molar-refractivity contribution is 5.83. The number of fused-ring (bicyclic) bond motifs is 1. The number of rotatable bonds is 3. The molecule has 0 saturated carbocycles. The van der Waals surface area contributed by atoms with E-state index in [2.05, 4.69) is 48.5 Å². The van der Waals surface area contributed by atoms with E-state index in [1.54, 1.807) is 0 Å². The zero-order chi connectivity index (χ0) is 11.4. The molecule has 0 bridgehead atoms. The molecule has 16 heavy (non-hydrogen) atoms. The van der Waals surface area contributed by atoms with Crippen molar-refractivity contribution < 1.29 is 5.11 Å². The molecule has 0 radical (unpaired) electrons. The Bertz CT molecular complexity index is 512. The van der Waals surface area contributed by atoms with Crippen molar-refractivity contribution in [1.82, 2.24) is 0 Å². The van der Waals surface area contributed by atoms with E-state index in [-0.39, 0.29) is 6.61 Å². The zero-order valence-corrected chi connectivity index (χ0v) is 9.48. The molecule has 1 nitrogen and oxygen atoms in total. The lowest BCUT2D eigenvalue weighted by molar-refractivity contribution is 0.331. The highest BCUT2D eigenvalue weighted by Crippen LogP contribution is 2.16. The van der Waals surface area contributed by atoms with Crippen molar-refractivity contribution in [1.29, 1.82) is 0 Å². The van der Waals surface area contributed by atoms with E-state index in [1.807, 2.05) is 6.92 Å². The predicted octanol–water partition coefficient (Wildman–Crippen LogP) is 3.32. The molecule has 0 fully saturated rings. The van der Waals surface area contributed by atoms with Crippen molar-refractivity contribution in [2.24, 2.45) is 0 Å². The van der Waals surface area contributed by atoms with Crippen LogP contribution in [0.25, 0.3) is 10.8 Å². The minimum absolute atomic E-state index is 0.146. The van der Waals surface area contributed by atoms with Gasteiger partial charge in [-0.2, -0.15) is 0 Å². The van der Waals surface area contributed by atoms with E-state index >= 15 is 0 Å². The zero-order valence-electron chi connectivity index (χ0n) is 9.48. The highest BCUT2D eigenvalue weighted by atomic mass is 16.3. The Labute approximate surface area is 96.0 Å². The van der Waals surface area contributed by atoms with Gasteiger partial charge < -0.3 is 5.11 Å². The van der Waals surface area contributed by atoms with Gasteiger partial charge in [0.1, 0.15) is 0 Å². The van der Waals surface area contributed by atoms with Gasteiger partial charge in [0.25, 0.3) is 0 Å². The van der Waals surface area contributed by atoms with Gasteiger partial charge in [-0.05, 0) is 29.7 Å². The SMILES string of the molecule is C/C(=C\Cc1ccc2ccccc2c1)CO. The van der Waals surface area contributed by atoms with Gasteiger partial charge in [-0.3, -0.25) is 0 Å². The molecule has 0 aromatic heterocycles. The lowest BCUT2D eigenvalue weighted by atomic mass is 10.0. The van der Waals surface area contributed by atoms with Crippen molar-refractivity contribution in [3.8, 4) is 0 Å².